The molecule has 164 valence electrons. The van der Waals surface area contributed by atoms with Crippen molar-refractivity contribution in [1.82, 2.24) is 4.90 Å². The highest BCUT2D eigenvalue weighted by Gasteiger charge is 2.47. The summed E-state index contributed by atoms with van der Waals surface area (Å²) in [6.07, 6.45) is 4.95. The summed E-state index contributed by atoms with van der Waals surface area (Å²) >= 11 is 0. The number of anilines is 1. The second-order valence-corrected chi connectivity index (χ2v) is 8.22. The van der Waals surface area contributed by atoms with Crippen molar-refractivity contribution in [3.05, 3.63) is 54.1 Å². The minimum Gasteiger partial charge on any atom is -0.496 e. The quantitative estimate of drug-likeness (QED) is 0.744. The molecular formula is C25H30N2O4. The van der Waals surface area contributed by atoms with E-state index in [0.717, 1.165) is 31.4 Å². The molecule has 4 rings (SSSR count). The van der Waals surface area contributed by atoms with Crippen molar-refractivity contribution < 1.29 is 19.1 Å². The first-order valence-corrected chi connectivity index (χ1v) is 11.1. The third-order valence-corrected chi connectivity index (χ3v) is 6.40. The number of amides is 2. The monoisotopic (exact) mass is 422 g/mol. The number of hydrogen-bond acceptors (Lipinski definition) is 4. The van der Waals surface area contributed by atoms with Gasteiger partial charge in [-0.25, -0.2) is 0 Å². The van der Waals surface area contributed by atoms with E-state index in [0.29, 0.717) is 35.9 Å². The van der Waals surface area contributed by atoms with Gasteiger partial charge in [-0.05, 0) is 68.5 Å². The maximum atomic E-state index is 13.6. The molecule has 2 amide bonds. The van der Waals surface area contributed by atoms with Crippen LogP contribution in [0.5, 0.6) is 11.5 Å². The molecule has 0 aromatic heterocycles. The number of carbonyl (C=O) groups excluding carboxylic acids is 2. The molecule has 2 aromatic rings. The summed E-state index contributed by atoms with van der Waals surface area (Å²) in [6, 6.07) is 14.2. The van der Waals surface area contributed by atoms with Crippen molar-refractivity contribution in [3.8, 4) is 11.5 Å². The van der Waals surface area contributed by atoms with Crippen LogP contribution in [0.3, 0.4) is 0 Å². The minimum atomic E-state index is -0.489. The van der Waals surface area contributed by atoms with Gasteiger partial charge in [0, 0.05) is 11.7 Å². The second kappa shape index (κ2) is 9.41. The first-order chi connectivity index (χ1) is 15.1. The normalized spacial score (nSPS) is 22.5. The lowest BCUT2D eigenvalue weighted by molar-refractivity contribution is -0.120. The number of ether oxygens (including phenoxy) is 2. The molecule has 2 aliphatic rings. The predicted molar refractivity (Wildman–Crippen MR) is 120 cm³/mol. The van der Waals surface area contributed by atoms with E-state index in [-0.39, 0.29) is 17.9 Å². The van der Waals surface area contributed by atoms with Crippen molar-refractivity contribution in [2.45, 2.75) is 51.1 Å². The zero-order valence-electron chi connectivity index (χ0n) is 18.2. The topological polar surface area (TPSA) is 67.9 Å². The van der Waals surface area contributed by atoms with Gasteiger partial charge in [-0.1, -0.05) is 25.0 Å². The number of methoxy groups -OCH3 is 1. The Bertz CT molecular complexity index is 927. The van der Waals surface area contributed by atoms with Gasteiger partial charge in [0.2, 0.25) is 5.91 Å². The van der Waals surface area contributed by atoms with Gasteiger partial charge in [-0.3, -0.25) is 9.59 Å². The highest BCUT2D eigenvalue weighted by molar-refractivity contribution is 6.03. The highest BCUT2D eigenvalue weighted by atomic mass is 16.5. The van der Waals surface area contributed by atoms with E-state index >= 15 is 0 Å². The lowest BCUT2D eigenvalue weighted by atomic mass is 9.84. The van der Waals surface area contributed by atoms with Crippen LogP contribution in [0.2, 0.25) is 0 Å². The van der Waals surface area contributed by atoms with Crippen molar-refractivity contribution in [3.63, 3.8) is 0 Å². The molecule has 0 radical (unpaired) electrons. The van der Waals surface area contributed by atoms with Crippen LogP contribution in [0.1, 0.15) is 49.4 Å². The fraction of sp³-hybridized carbons (Fsp3) is 0.440. The Morgan fingerprint density at radius 1 is 1.06 bits per heavy atom. The van der Waals surface area contributed by atoms with Crippen LogP contribution in [0.25, 0.3) is 0 Å². The van der Waals surface area contributed by atoms with Crippen LogP contribution in [0.4, 0.5) is 5.69 Å². The highest BCUT2D eigenvalue weighted by Crippen LogP contribution is 2.41. The van der Waals surface area contributed by atoms with E-state index < -0.39 is 6.04 Å². The van der Waals surface area contributed by atoms with E-state index in [9.17, 15) is 9.59 Å². The molecule has 1 saturated heterocycles. The molecule has 3 atom stereocenters. The van der Waals surface area contributed by atoms with Gasteiger partial charge >= 0.3 is 0 Å². The predicted octanol–water partition coefficient (Wildman–Crippen LogP) is 4.51. The van der Waals surface area contributed by atoms with Crippen LogP contribution in [0.15, 0.2) is 48.5 Å². The van der Waals surface area contributed by atoms with Crippen molar-refractivity contribution in [1.29, 1.82) is 0 Å². The maximum Gasteiger partial charge on any atom is 0.258 e. The third-order valence-electron chi connectivity index (χ3n) is 6.40. The van der Waals surface area contributed by atoms with Gasteiger partial charge in [0.05, 0.1) is 19.3 Å². The number of likely N-dealkylation sites (tertiary alicyclic amines) is 1. The molecule has 1 N–H and O–H groups in total. The smallest absolute Gasteiger partial charge is 0.258 e. The van der Waals surface area contributed by atoms with E-state index in [1.807, 2.05) is 48.2 Å². The lowest BCUT2D eigenvalue weighted by Crippen LogP contribution is -2.47. The third kappa shape index (κ3) is 4.38. The number of carbonyl (C=O) groups is 2. The SMILES string of the molecule is CCOc1ccc(NC(=O)C2CC3CCCCC3N2C(=O)c2ccccc2OC)cc1. The molecule has 1 heterocycles. The average molecular weight is 423 g/mol. The largest absolute Gasteiger partial charge is 0.496 e. The fourth-order valence-corrected chi connectivity index (χ4v) is 4.97. The number of hydrogen-bond donors (Lipinski definition) is 1. The Balaban J connectivity index is 1.58. The van der Waals surface area contributed by atoms with Crippen LogP contribution >= 0.6 is 0 Å². The Morgan fingerprint density at radius 2 is 1.81 bits per heavy atom. The zero-order chi connectivity index (χ0) is 21.8. The Hall–Kier alpha value is -3.02. The summed E-state index contributed by atoms with van der Waals surface area (Å²) < 4.78 is 10.9. The number of benzene rings is 2. The van der Waals surface area contributed by atoms with E-state index in [1.54, 1.807) is 19.2 Å². The summed E-state index contributed by atoms with van der Waals surface area (Å²) in [5, 5.41) is 3.01. The van der Waals surface area contributed by atoms with Crippen LogP contribution in [-0.2, 0) is 4.79 Å². The molecule has 0 spiro atoms. The number of nitrogens with zero attached hydrogens (tertiary/aromatic N) is 1. The molecule has 1 aliphatic carbocycles. The van der Waals surface area contributed by atoms with E-state index in [1.165, 1.54) is 0 Å². The molecule has 1 aliphatic heterocycles. The molecule has 6 nitrogen and oxygen atoms in total. The summed E-state index contributed by atoms with van der Waals surface area (Å²) in [7, 11) is 1.57. The van der Waals surface area contributed by atoms with Gasteiger partial charge in [0.25, 0.3) is 5.91 Å². The molecule has 6 heteroatoms. The summed E-state index contributed by atoms with van der Waals surface area (Å²) in [4.78, 5) is 28.7. The molecule has 2 fully saturated rings. The van der Waals surface area contributed by atoms with E-state index in [2.05, 4.69) is 5.32 Å². The summed E-state index contributed by atoms with van der Waals surface area (Å²) in [6.45, 7) is 2.53. The summed E-state index contributed by atoms with van der Waals surface area (Å²) in [5.74, 6) is 1.40. The van der Waals surface area contributed by atoms with E-state index in [4.69, 9.17) is 9.47 Å². The van der Waals surface area contributed by atoms with Crippen molar-refractivity contribution in [2.75, 3.05) is 19.0 Å². The first-order valence-electron chi connectivity index (χ1n) is 11.1. The second-order valence-electron chi connectivity index (χ2n) is 8.22. The van der Waals surface area contributed by atoms with Crippen molar-refractivity contribution in [2.24, 2.45) is 5.92 Å². The maximum absolute atomic E-state index is 13.6. The Kier molecular flexibility index (Phi) is 6.44. The Labute approximate surface area is 183 Å². The number of nitrogens with one attached hydrogen (secondary N) is 1. The van der Waals surface area contributed by atoms with Crippen LogP contribution < -0.4 is 14.8 Å². The lowest BCUT2D eigenvalue weighted by Gasteiger charge is -2.34. The first kappa shape index (κ1) is 21.2. The number of fused-ring (bicyclic) bond motifs is 1. The van der Waals surface area contributed by atoms with Crippen LogP contribution in [-0.4, -0.2) is 42.5 Å². The molecule has 0 bridgehead atoms. The van der Waals surface area contributed by atoms with Gasteiger partial charge in [-0.2, -0.15) is 0 Å². The summed E-state index contributed by atoms with van der Waals surface area (Å²) in [5.41, 5.74) is 1.21. The standard InChI is InChI=1S/C25H30N2O4/c1-3-31-19-14-12-18(13-15-19)26-24(28)22-16-17-8-4-6-10-21(17)27(22)25(29)20-9-5-7-11-23(20)30-2/h5,7,9,11-15,17,21-22H,3-4,6,8,10,16H2,1-2H3,(H,26,28). The van der Waals surface area contributed by atoms with Gasteiger partial charge in [-0.15, -0.1) is 0 Å². The molecule has 31 heavy (non-hydrogen) atoms. The zero-order valence-corrected chi connectivity index (χ0v) is 18.2. The number of para-hydroxylation sites is 1. The average Bonchev–Trinajstić information content (AvgIpc) is 3.20. The van der Waals surface area contributed by atoms with Crippen molar-refractivity contribution >= 4 is 17.5 Å². The Morgan fingerprint density at radius 3 is 2.55 bits per heavy atom. The fourth-order valence-electron chi connectivity index (χ4n) is 4.97. The van der Waals surface area contributed by atoms with Gasteiger partial charge in [0.15, 0.2) is 0 Å². The van der Waals surface area contributed by atoms with Crippen LogP contribution in [0, 0.1) is 5.92 Å². The minimum absolute atomic E-state index is 0.0993. The number of rotatable bonds is 6. The molecular weight excluding hydrogens is 392 g/mol. The molecule has 3 unspecified atom stereocenters. The molecule has 2 aromatic carbocycles. The molecule has 1 saturated carbocycles. The van der Waals surface area contributed by atoms with Gasteiger partial charge in [0.1, 0.15) is 17.5 Å². The van der Waals surface area contributed by atoms with Gasteiger partial charge < -0.3 is 19.7 Å².